The quantitative estimate of drug-likeness (QED) is 0.0652. The molecule has 0 aromatic carbocycles. The molecule has 0 bridgehead atoms. The Morgan fingerprint density at radius 2 is 1.10 bits per heavy atom. The Morgan fingerprint density at radius 3 is 1.68 bits per heavy atom. The molecule has 25 heteroatoms. The largest absolute Gasteiger partial charge is 0.432 e. The van der Waals surface area contributed by atoms with Gasteiger partial charge in [0.1, 0.15) is 85.5 Å². The van der Waals surface area contributed by atoms with Crippen molar-refractivity contribution in [1.82, 2.24) is 0 Å². The topological polar surface area (TPSA) is 415 Å². The third kappa shape index (κ3) is 9.70. The maximum absolute atomic E-state index is 15.0. The van der Waals surface area contributed by atoms with Crippen LogP contribution in [0.1, 0.15) is 99.8 Å². The summed E-state index contributed by atoms with van der Waals surface area (Å²) in [6, 6.07) is 0. The van der Waals surface area contributed by atoms with Crippen molar-refractivity contribution in [2.24, 2.45) is 50.2 Å². The summed E-state index contributed by atoms with van der Waals surface area (Å²) in [5, 5.41) is 176. The highest BCUT2D eigenvalue weighted by atomic mass is 16.8. The van der Waals surface area contributed by atoms with Gasteiger partial charge in [0.25, 0.3) is 0 Å². The first-order valence-corrected chi connectivity index (χ1v) is 28.1. The van der Waals surface area contributed by atoms with E-state index in [0.717, 1.165) is 12.0 Å². The molecule has 9 rings (SSSR count). The molecular weight excluding hydrogens is 1050 g/mol. The second-order valence-corrected chi connectivity index (χ2v) is 26.2. The fourth-order valence-corrected chi connectivity index (χ4v) is 16.6. The summed E-state index contributed by atoms with van der Waals surface area (Å²) < 4.78 is 47.6. The van der Waals surface area contributed by atoms with E-state index in [-0.39, 0.29) is 24.7 Å². The van der Waals surface area contributed by atoms with E-state index in [1.807, 2.05) is 20.8 Å². The molecule has 5 aliphatic carbocycles. The molecular formula is C54H88O25. The number of aliphatic hydroxyl groups excluding tert-OH is 16. The van der Waals surface area contributed by atoms with Crippen LogP contribution in [0.2, 0.25) is 0 Å². The monoisotopic (exact) mass is 1140 g/mol. The molecule has 0 spiro atoms. The molecule has 9 aliphatic rings. The van der Waals surface area contributed by atoms with E-state index < -0.39 is 212 Å². The minimum Gasteiger partial charge on any atom is -0.432 e. The maximum atomic E-state index is 15.0. The Morgan fingerprint density at radius 1 is 0.582 bits per heavy atom. The molecule has 79 heavy (non-hydrogen) atoms. The second-order valence-electron chi connectivity index (χ2n) is 26.2. The van der Waals surface area contributed by atoms with E-state index in [1.54, 1.807) is 0 Å². The number of hydrogen-bond donors (Lipinski definition) is 16. The van der Waals surface area contributed by atoms with Crippen LogP contribution in [-0.2, 0) is 42.7 Å². The summed E-state index contributed by atoms with van der Waals surface area (Å²) in [4.78, 5) is 15.0. The molecule has 0 aromatic rings. The number of carbonyl (C=O) groups is 1. The number of esters is 1. The zero-order chi connectivity index (χ0) is 58.0. The van der Waals surface area contributed by atoms with Gasteiger partial charge in [0.2, 0.25) is 6.29 Å². The lowest BCUT2D eigenvalue weighted by atomic mass is 9.33. The third-order valence-corrected chi connectivity index (χ3v) is 21.7. The van der Waals surface area contributed by atoms with Crippen molar-refractivity contribution in [3.63, 3.8) is 0 Å². The predicted octanol–water partition coefficient (Wildman–Crippen LogP) is -4.09. The van der Waals surface area contributed by atoms with Gasteiger partial charge in [-0.2, -0.15) is 0 Å². The van der Waals surface area contributed by atoms with Gasteiger partial charge in [-0.1, -0.05) is 52.7 Å². The summed E-state index contributed by atoms with van der Waals surface area (Å²) in [5.74, 6) is -1.76. The van der Waals surface area contributed by atoms with Gasteiger partial charge in [-0.05, 0) is 98.2 Å². The molecule has 16 N–H and O–H groups in total. The van der Waals surface area contributed by atoms with Crippen LogP contribution in [0.25, 0.3) is 0 Å². The van der Waals surface area contributed by atoms with Crippen molar-refractivity contribution in [2.75, 3.05) is 26.4 Å². The molecule has 0 unspecified atom stereocenters. The highest BCUT2D eigenvalue weighted by Crippen LogP contribution is 2.76. The Kier molecular flexibility index (Phi) is 17.4. The molecule has 0 radical (unpaired) electrons. The van der Waals surface area contributed by atoms with Crippen molar-refractivity contribution in [1.29, 1.82) is 0 Å². The van der Waals surface area contributed by atoms with Gasteiger partial charge >= 0.3 is 5.97 Å². The summed E-state index contributed by atoms with van der Waals surface area (Å²) in [7, 11) is 0. The molecule has 0 aromatic heterocycles. The Hall–Kier alpha value is -1.71. The lowest BCUT2D eigenvalue weighted by molar-refractivity contribution is -0.373. The molecule has 4 saturated carbocycles. The Bertz CT molecular complexity index is 2190. The van der Waals surface area contributed by atoms with Crippen LogP contribution < -0.4 is 0 Å². The van der Waals surface area contributed by atoms with Gasteiger partial charge in [0, 0.05) is 0 Å². The fraction of sp³-hybridized carbons (Fsp3) is 0.944. The molecule has 4 aliphatic heterocycles. The minimum absolute atomic E-state index is 0.0711. The SMILES string of the molecule is C[C@@H]1O[C@@H](O[C@H]2[C@H](OC(=O)[C@@]3(C)CCC[C@@]4(C)[C@H]3CC[C@]3(C)[C@@H]4CC=C4[C@@H]5CC(C)(C)[C@@H](O)[C@H](O)[C@]5(CO[C@@H]5O[C@H](CO)[C@@H](O)[C@H](O)[C@H]5O[C@@H]5O[C@H](CO)[C@@H](O)[C@H](O)[C@H]5O)[C@H](O)C[C@]43C)O[C@H](CO)[C@@H](O)[C@@H]2O)[C@H](O)[C@H](O)[C@H]1O. The van der Waals surface area contributed by atoms with E-state index >= 15 is 4.79 Å². The lowest BCUT2D eigenvalue weighted by Gasteiger charge is -2.72. The zero-order valence-corrected chi connectivity index (χ0v) is 45.9. The van der Waals surface area contributed by atoms with Gasteiger partial charge in [0.15, 0.2) is 25.0 Å². The molecule has 25 nitrogen and oxygen atoms in total. The molecule has 0 amide bonds. The summed E-state index contributed by atoms with van der Waals surface area (Å²) in [5.41, 5.74) is -4.69. The summed E-state index contributed by atoms with van der Waals surface area (Å²) >= 11 is 0. The lowest BCUT2D eigenvalue weighted by Crippen LogP contribution is -2.72. The molecule has 454 valence electrons. The van der Waals surface area contributed by atoms with Crippen molar-refractivity contribution in [3.05, 3.63) is 11.6 Å². The van der Waals surface area contributed by atoms with Crippen molar-refractivity contribution >= 4 is 5.97 Å². The molecule has 4 saturated heterocycles. The second kappa shape index (κ2) is 22.3. The smallest absolute Gasteiger partial charge is 0.314 e. The minimum atomic E-state index is -1.93. The first-order chi connectivity index (χ1) is 36.9. The number of fused-ring (bicyclic) bond motifs is 7. The summed E-state index contributed by atoms with van der Waals surface area (Å²) in [6.45, 7) is 10.5. The van der Waals surface area contributed by atoms with Crippen LogP contribution in [0.5, 0.6) is 0 Å². The van der Waals surface area contributed by atoms with E-state index in [9.17, 15) is 81.7 Å². The van der Waals surface area contributed by atoms with Crippen LogP contribution in [0.15, 0.2) is 11.6 Å². The Balaban J connectivity index is 1.00. The van der Waals surface area contributed by atoms with E-state index in [2.05, 4.69) is 26.8 Å². The number of ether oxygens (including phenoxy) is 8. The van der Waals surface area contributed by atoms with Gasteiger partial charge in [-0.15, -0.1) is 0 Å². The number of allylic oxidation sites excluding steroid dienone is 2. The van der Waals surface area contributed by atoms with E-state index in [4.69, 9.17) is 37.9 Å². The fourth-order valence-electron chi connectivity index (χ4n) is 16.6. The van der Waals surface area contributed by atoms with Gasteiger partial charge in [-0.25, -0.2) is 0 Å². The molecule has 31 atom stereocenters. The number of rotatable bonds is 12. The normalized spacial score (nSPS) is 55.5. The molecule has 4 heterocycles. The standard InChI is InChI=1S/C54H88O25/c1-21-30(59)34(63)38(67)44(73-21)78-41-37(66)33(62)26(19-57)76-47(41)79-48(71)51(5)13-8-12-50(4)27(51)11-14-52(6)28(50)10-9-22-23-15-49(2,3)42(69)43(70)54(23,29(58)16-53(22,52)7)20-72-46-40(36(65)32(61)25(18-56)75-46)77-45-39(68)35(64)31(60)24(17-55)74-45/h9,21,23-47,55-70H,8,10-20H2,1-7H3/t21-,23-,24+,25+,26+,27+,28+,29+,30-,31+,32+,33+,34+,35-,36-,37-,38+,39+,40+,41+,42-,43-,44-,45-,46+,47-,50-,51-,52+,53+,54-/m0/s1. The maximum Gasteiger partial charge on any atom is 0.314 e. The highest BCUT2D eigenvalue weighted by Gasteiger charge is 2.73. The van der Waals surface area contributed by atoms with Crippen LogP contribution in [0, 0.1) is 50.2 Å². The van der Waals surface area contributed by atoms with Crippen LogP contribution in [-0.4, -0.2) is 255 Å². The third-order valence-electron chi connectivity index (χ3n) is 21.7. The van der Waals surface area contributed by atoms with Crippen LogP contribution in [0.3, 0.4) is 0 Å². The first-order valence-electron chi connectivity index (χ1n) is 28.1. The van der Waals surface area contributed by atoms with Crippen molar-refractivity contribution in [3.8, 4) is 0 Å². The van der Waals surface area contributed by atoms with Crippen LogP contribution in [0.4, 0.5) is 0 Å². The van der Waals surface area contributed by atoms with Gasteiger partial charge < -0.3 is 120 Å². The predicted molar refractivity (Wildman–Crippen MR) is 266 cm³/mol. The number of hydrogen-bond acceptors (Lipinski definition) is 25. The zero-order valence-electron chi connectivity index (χ0n) is 45.9. The van der Waals surface area contributed by atoms with E-state index in [1.165, 1.54) is 6.92 Å². The first kappa shape index (κ1) is 61.8. The average Bonchev–Trinajstić information content (AvgIpc) is 2.96. The van der Waals surface area contributed by atoms with Gasteiger partial charge in [-0.3, -0.25) is 4.79 Å². The highest BCUT2D eigenvalue weighted by molar-refractivity contribution is 5.77. The number of aliphatic hydroxyl groups is 16. The summed E-state index contributed by atoms with van der Waals surface area (Å²) in [6.07, 6.45) is -32.0. The average molecular weight is 1140 g/mol. The van der Waals surface area contributed by atoms with Crippen molar-refractivity contribution < 1.29 is 124 Å². The number of carbonyl (C=O) groups excluding carboxylic acids is 1. The molecule has 8 fully saturated rings. The van der Waals surface area contributed by atoms with E-state index in [0.29, 0.717) is 32.1 Å². The Labute approximate surface area is 458 Å². The van der Waals surface area contributed by atoms with Crippen LogP contribution >= 0.6 is 0 Å². The van der Waals surface area contributed by atoms with Crippen molar-refractivity contribution in [2.45, 2.75) is 241 Å². The van der Waals surface area contributed by atoms with Gasteiger partial charge in [0.05, 0.1) is 61.7 Å².